The number of hydrogen-bond acceptors (Lipinski definition) is 2. The molecule has 1 saturated heterocycles. The lowest BCUT2D eigenvalue weighted by Crippen LogP contribution is -2.65. The number of nitrogens with zero attached hydrogens (tertiary/aromatic N) is 1. The number of ether oxygens (including phenoxy) is 1. The number of aryl methyl sites for hydroxylation is 1. The molecular formula is C19H20N2O2. The summed E-state index contributed by atoms with van der Waals surface area (Å²) in [6.07, 6.45) is 0.725. The van der Waals surface area contributed by atoms with Crippen LogP contribution in [0, 0.1) is 13.8 Å². The van der Waals surface area contributed by atoms with Crippen molar-refractivity contribution in [2.75, 3.05) is 4.90 Å². The molecule has 0 aromatic heterocycles. The first-order chi connectivity index (χ1) is 11.0. The van der Waals surface area contributed by atoms with Gasteiger partial charge in [0, 0.05) is 12.0 Å². The van der Waals surface area contributed by atoms with Gasteiger partial charge in [-0.05, 0) is 44.0 Å². The van der Waals surface area contributed by atoms with Crippen LogP contribution in [0.4, 0.5) is 10.5 Å². The van der Waals surface area contributed by atoms with E-state index < -0.39 is 5.72 Å². The Hall–Kier alpha value is -2.49. The highest BCUT2D eigenvalue weighted by Gasteiger charge is 2.50. The number of amides is 2. The van der Waals surface area contributed by atoms with Gasteiger partial charge in [-0.25, -0.2) is 4.79 Å². The van der Waals surface area contributed by atoms with Crippen molar-refractivity contribution < 1.29 is 9.53 Å². The summed E-state index contributed by atoms with van der Waals surface area (Å²) in [5.41, 5.74) is 3.55. The monoisotopic (exact) mass is 308 g/mol. The van der Waals surface area contributed by atoms with E-state index in [0.717, 1.165) is 34.5 Å². The van der Waals surface area contributed by atoms with Gasteiger partial charge in [-0.1, -0.05) is 30.3 Å². The molecule has 23 heavy (non-hydrogen) atoms. The Balaban J connectivity index is 1.84. The smallest absolute Gasteiger partial charge is 0.325 e. The number of hydrogen-bond donors (Lipinski definition) is 1. The minimum absolute atomic E-state index is 0.00110. The standard InChI is InChI=1S/C19H20N2O2/c1-12-7-6-9-16(13(12)2)21-18(22)20-15-11-19(21,3)23-17-10-5-4-8-14(15)17/h4-10,15H,11H2,1-3H3,(H,20,22)/t15-,19+/m1/s1. The van der Waals surface area contributed by atoms with E-state index in [1.165, 1.54) is 0 Å². The van der Waals surface area contributed by atoms with Crippen molar-refractivity contribution in [3.05, 3.63) is 59.2 Å². The molecule has 0 aliphatic carbocycles. The summed E-state index contributed by atoms with van der Waals surface area (Å²) in [6, 6.07) is 13.9. The molecule has 2 aromatic carbocycles. The number of rotatable bonds is 1. The molecule has 0 radical (unpaired) electrons. The van der Waals surface area contributed by atoms with Gasteiger partial charge in [0.2, 0.25) is 0 Å². The molecular weight excluding hydrogens is 288 g/mol. The van der Waals surface area contributed by atoms with Crippen LogP contribution < -0.4 is 15.0 Å². The van der Waals surface area contributed by atoms with Gasteiger partial charge in [0.1, 0.15) is 5.75 Å². The van der Waals surface area contributed by atoms with Gasteiger partial charge in [-0.3, -0.25) is 4.90 Å². The Bertz CT molecular complexity index is 802. The van der Waals surface area contributed by atoms with E-state index in [-0.39, 0.29) is 12.1 Å². The normalized spacial score (nSPS) is 25.4. The van der Waals surface area contributed by atoms with Crippen LogP contribution in [0.25, 0.3) is 0 Å². The summed E-state index contributed by atoms with van der Waals surface area (Å²) in [7, 11) is 0. The molecule has 2 heterocycles. The second-order valence-electron chi connectivity index (χ2n) is 6.58. The summed E-state index contributed by atoms with van der Waals surface area (Å²) < 4.78 is 6.29. The zero-order chi connectivity index (χ0) is 16.2. The fraction of sp³-hybridized carbons (Fsp3) is 0.316. The molecule has 2 amide bonds. The van der Waals surface area contributed by atoms with Crippen LogP contribution in [-0.4, -0.2) is 11.8 Å². The van der Waals surface area contributed by atoms with Crippen LogP contribution in [0.3, 0.4) is 0 Å². The van der Waals surface area contributed by atoms with Crippen molar-refractivity contribution in [2.24, 2.45) is 0 Å². The summed E-state index contributed by atoms with van der Waals surface area (Å²) in [4.78, 5) is 14.6. The number of para-hydroxylation sites is 1. The highest BCUT2D eigenvalue weighted by atomic mass is 16.5. The lowest BCUT2D eigenvalue weighted by molar-refractivity contribution is 0.0378. The van der Waals surface area contributed by atoms with Crippen molar-refractivity contribution in [1.29, 1.82) is 0 Å². The molecule has 2 aromatic rings. The number of anilines is 1. The number of nitrogens with one attached hydrogen (secondary N) is 1. The largest absolute Gasteiger partial charge is 0.467 e. The molecule has 2 bridgehead atoms. The molecule has 118 valence electrons. The minimum atomic E-state index is -0.681. The van der Waals surface area contributed by atoms with Crippen LogP contribution in [0.1, 0.15) is 36.1 Å². The predicted octanol–water partition coefficient (Wildman–Crippen LogP) is 4.07. The fourth-order valence-corrected chi connectivity index (χ4v) is 3.66. The number of urea groups is 1. The quantitative estimate of drug-likeness (QED) is 0.862. The zero-order valence-corrected chi connectivity index (χ0v) is 13.6. The molecule has 0 spiro atoms. The SMILES string of the molecule is Cc1cccc(N2C(=O)N[C@@H]3C[C@]2(C)Oc2ccccc23)c1C. The van der Waals surface area contributed by atoms with E-state index in [9.17, 15) is 4.79 Å². The molecule has 1 fully saturated rings. The van der Waals surface area contributed by atoms with Gasteiger partial charge in [0.15, 0.2) is 5.72 Å². The molecule has 4 nitrogen and oxygen atoms in total. The summed E-state index contributed by atoms with van der Waals surface area (Å²) in [5.74, 6) is 0.849. The molecule has 2 aliphatic rings. The summed E-state index contributed by atoms with van der Waals surface area (Å²) >= 11 is 0. The topological polar surface area (TPSA) is 41.6 Å². The zero-order valence-electron chi connectivity index (χ0n) is 13.6. The van der Waals surface area contributed by atoms with Crippen molar-refractivity contribution in [2.45, 2.75) is 39.0 Å². The molecule has 2 aliphatic heterocycles. The van der Waals surface area contributed by atoms with Gasteiger partial charge < -0.3 is 10.1 Å². The Kier molecular flexibility index (Phi) is 2.92. The Morgan fingerprint density at radius 3 is 2.78 bits per heavy atom. The molecule has 1 N–H and O–H groups in total. The average Bonchev–Trinajstić information content (AvgIpc) is 2.50. The highest BCUT2D eigenvalue weighted by Crippen LogP contribution is 2.45. The van der Waals surface area contributed by atoms with Crippen LogP contribution in [-0.2, 0) is 0 Å². The van der Waals surface area contributed by atoms with Crippen LogP contribution in [0.5, 0.6) is 5.75 Å². The van der Waals surface area contributed by atoms with E-state index in [0.29, 0.717) is 0 Å². The molecule has 4 rings (SSSR count). The molecule has 0 unspecified atom stereocenters. The number of fused-ring (bicyclic) bond motifs is 4. The second kappa shape index (κ2) is 4.75. The van der Waals surface area contributed by atoms with Crippen molar-refractivity contribution >= 4 is 11.7 Å². The van der Waals surface area contributed by atoms with Crippen molar-refractivity contribution in [3.63, 3.8) is 0 Å². The van der Waals surface area contributed by atoms with Crippen LogP contribution >= 0.6 is 0 Å². The van der Waals surface area contributed by atoms with Crippen LogP contribution in [0.2, 0.25) is 0 Å². The molecule has 0 saturated carbocycles. The Morgan fingerprint density at radius 2 is 1.96 bits per heavy atom. The van der Waals surface area contributed by atoms with E-state index in [2.05, 4.69) is 18.3 Å². The predicted molar refractivity (Wildman–Crippen MR) is 89.8 cm³/mol. The first-order valence-electron chi connectivity index (χ1n) is 7.94. The molecule has 4 heteroatoms. The maximum atomic E-state index is 12.8. The maximum Gasteiger partial charge on any atom is 0.325 e. The van der Waals surface area contributed by atoms with Gasteiger partial charge in [0.05, 0.1) is 11.7 Å². The lowest BCUT2D eigenvalue weighted by atomic mass is 9.89. The van der Waals surface area contributed by atoms with Crippen LogP contribution in [0.15, 0.2) is 42.5 Å². The fourth-order valence-electron chi connectivity index (χ4n) is 3.66. The van der Waals surface area contributed by atoms with E-state index >= 15 is 0 Å². The lowest BCUT2D eigenvalue weighted by Gasteiger charge is -2.51. The van der Waals surface area contributed by atoms with Crippen molar-refractivity contribution in [3.8, 4) is 5.75 Å². The summed E-state index contributed by atoms with van der Waals surface area (Å²) in [5, 5.41) is 3.13. The van der Waals surface area contributed by atoms with Gasteiger partial charge in [0.25, 0.3) is 0 Å². The summed E-state index contributed by atoms with van der Waals surface area (Å²) in [6.45, 7) is 6.10. The van der Waals surface area contributed by atoms with E-state index in [1.807, 2.05) is 50.2 Å². The minimum Gasteiger partial charge on any atom is -0.467 e. The third-order valence-corrected chi connectivity index (χ3v) is 5.00. The van der Waals surface area contributed by atoms with Crippen molar-refractivity contribution in [1.82, 2.24) is 5.32 Å². The average molecular weight is 308 g/mol. The van der Waals surface area contributed by atoms with Gasteiger partial charge in [-0.2, -0.15) is 0 Å². The number of carbonyl (C=O) groups excluding carboxylic acids is 1. The highest BCUT2D eigenvalue weighted by molar-refractivity contribution is 5.95. The first kappa shape index (κ1) is 14.1. The first-order valence-corrected chi connectivity index (χ1v) is 7.94. The second-order valence-corrected chi connectivity index (χ2v) is 6.58. The Morgan fingerprint density at radius 1 is 1.17 bits per heavy atom. The third kappa shape index (κ3) is 2.01. The van der Waals surface area contributed by atoms with Gasteiger partial charge in [-0.15, -0.1) is 0 Å². The number of carbonyl (C=O) groups is 1. The van der Waals surface area contributed by atoms with E-state index in [4.69, 9.17) is 4.74 Å². The third-order valence-electron chi connectivity index (χ3n) is 5.00. The van der Waals surface area contributed by atoms with E-state index in [1.54, 1.807) is 4.90 Å². The number of benzene rings is 2. The maximum absolute atomic E-state index is 12.8. The Labute approximate surface area is 136 Å². The molecule has 2 atom stereocenters. The van der Waals surface area contributed by atoms with Gasteiger partial charge >= 0.3 is 6.03 Å².